The van der Waals surface area contributed by atoms with Gasteiger partial charge in [0.25, 0.3) is 0 Å². The van der Waals surface area contributed by atoms with Gasteiger partial charge >= 0.3 is 6.03 Å². The van der Waals surface area contributed by atoms with Crippen LogP contribution in [0.5, 0.6) is 17.2 Å². The van der Waals surface area contributed by atoms with E-state index in [2.05, 4.69) is 35.8 Å². The van der Waals surface area contributed by atoms with Crippen molar-refractivity contribution in [1.29, 1.82) is 0 Å². The molecule has 2 amide bonds. The van der Waals surface area contributed by atoms with Gasteiger partial charge in [-0.15, -0.1) is 0 Å². The summed E-state index contributed by atoms with van der Waals surface area (Å²) in [6.07, 6.45) is 1.42. The fraction of sp³-hybridized carbons (Fsp3) is 0.381. The van der Waals surface area contributed by atoms with Gasteiger partial charge in [-0.2, -0.15) is 0 Å². The molecule has 0 atom stereocenters. The van der Waals surface area contributed by atoms with Gasteiger partial charge in [0.05, 0.1) is 21.3 Å². The van der Waals surface area contributed by atoms with E-state index in [0.717, 1.165) is 12.0 Å². The minimum atomic E-state index is -0.179. The first-order chi connectivity index (χ1) is 13.1. The van der Waals surface area contributed by atoms with Crippen LogP contribution >= 0.6 is 0 Å². The molecule has 6 nitrogen and oxygen atoms in total. The van der Waals surface area contributed by atoms with E-state index >= 15 is 0 Å². The Kier molecular flexibility index (Phi) is 7.79. The van der Waals surface area contributed by atoms with Crippen LogP contribution in [0.4, 0.5) is 4.79 Å². The Balaban J connectivity index is 1.81. The lowest BCUT2D eigenvalue weighted by atomic mass is 10.1. The maximum Gasteiger partial charge on any atom is 0.314 e. The first kappa shape index (κ1) is 20.4. The Bertz CT molecular complexity index is 762. The second-order valence-corrected chi connectivity index (χ2v) is 6.17. The van der Waals surface area contributed by atoms with Crippen LogP contribution in [0.25, 0.3) is 0 Å². The minimum Gasteiger partial charge on any atom is -0.493 e. The zero-order chi connectivity index (χ0) is 19.6. The van der Waals surface area contributed by atoms with Crippen molar-refractivity contribution in [2.75, 3.05) is 34.4 Å². The third-order valence-electron chi connectivity index (χ3n) is 4.25. The van der Waals surface area contributed by atoms with Crippen LogP contribution in [0.2, 0.25) is 0 Å². The molecule has 6 heteroatoms. The molecule has 0 fully saturated rings. The maximum atomic E-state index is 12.0. The Labute approximate surface area is 160 Å². The molecule has 0 saturated heterocycles. The number of urea groups is 1. The van der Waals surface area contributed by atoms with Gasteiger partial charge in [-0.25, -0.2) is 4.79 Å². The Hall–Kier alpha value is -2.89. The van der Waals surface area contributed by atoms with Crippen molar-refractivity contribution in [3.05, 3.63) is 53.1 Å². The average molecular weight is 372 g/mol. The number of ether oxygens (including phenoxy) is 3. The molecule has 0 spiro atoms. The Morgan fingerprint density at radius 3 is 2.22 bits per heavy atom. The standard InChI is InChI=1S/C21H28N2O4/c1-15-6-5-7-16(14-15)10-12-22-21(24)23-13-11-17-8-9-18(25-2)20(27-4)19(17)26-3/h5-9,14H,10-13H2,1-4H3,(H2,22,23,24). The zero-order valence-electron chi connectivity index (χ0n) is 16.4. The normalized spacial score (nSPS) is 10.2. The van der Waals surface area contributed by atoms with Gasteiger partial charge in [0.15, 0.2) is 11.5 Å². The molecule has 0 unspecified atom stereocenters. The molecule has 2 N–H and O–H groups in total. The van der Waals surface area contributed by atoms with E-state index in [0.29, 0.717) is 36.8 Å². The van der Waals surface area contributed by atoms with Gasteiger partial charge < -0.3 is 24.8 Å². The van der Waals surface area contributed by atoms with Gasteiger partial charge in [0.2, 0.25) is 5.75 Å². The monoisotopic (exact) mass is 372 g/mol. The first-order valence-electron chi connectivity index (χ1n) is 8.94. The summed E-state index contributed by atoms with van der Waals surface area (Å²) in [4.78, 5) is 12.0. The molecular weight excluding hydrogens is 344 g/mol. The summed E-state index contributed by atoms with van der Waals surface area (Å²) in [6, 6.07) is 11.9. The molecule has 0 aliphatic carbocycles. The predicted molar refractivity (Wildman–Crippen MR) is 106 cm³/mol. The van der Waals surface area contributed by atoms with Crippen LogP contribution in [-0.2, 0) is 12.8 Å². The third-order valence-corrected chi connectivity index (χ3v) is 4.25. The van der Waals surface area contributed by atoms with Crippen molar-refractivity contribution in [2.45, 2.75) is 19.8 Å². The molecule has 0 heterocycles. The van der Waals surface area contributed by atoms with E-state index < -0.39 is 0 Å². The van der Waals surface area contributed by atoms with Crippen LogP contribution in [0.3, 0.4) is 0 Å². The fourth-order valence-corrected chi connectivity index (χ4v) is 2.92. The maximum absolute atomic E-state index is 12.0. The molecule has 0 aliphatic heterocycles. The summed E-state index contributed by atoms with van der Waals surface area (Å²) < 4.78 is 16.1. The quantitative estimate of drug-likeness (QED) is 0.710. The van der Waals surface area contributed by atoms with Gasteiger partial charge in [-0.1, -0.05) is 35.9 Å². The third kappa shape index (κ3) is 5.81. The molecule has 2 aromatic rings. The highest BCUT2D eigenvalue weighted by Crippen LogP contribution is 2.39. The van der Waals surface area contributed by atoms with Crippen LogP contribution < -0.4 is 24.8 Å². The Morgan fingerprint density at radius 1 is 0.889 bits per heavy atom. The molecule has 0 bridgehead atoms. The summed E-state index contributed by atoms with van der Waals surface area (Å²) in [6.45, 7) is 3.14. The fourth-order valence-electron chi connectivity index (χ4n) is 2.92. The Morgan fingerprint density at radius 2 is 1.59 bits per heavy atom. The smallest absolute Gasteiger partial charge is 0.314 e. The van der Waals surface area contributed by atoms with Crippen molar-refractivity contribution in [3.8, 4) is 17.2 Å². The van der Waals surface area contributed by atoms with E-state index in [4.69, 9.17) is 14.2 Å². The SMILES string of the molecule is COc1ccc(CCNC(=O)NCCc2cccc(C)c2)c(OC)c1OC. The minimum absolute atomic E-state index is 0.179. The van der Waals surface area contributed by atoms with Crippen molar-refractivity contribution in [2.24, 2.45) is 0 Å². The molecule has 27 heavy (non-hydrogen) atoms. The van der Waals surface area contributed by atoms with E-state index in [9.17, 15) is 4.79 Å². The lowest BCUT2D eigenvalue weighted by Gasteiger charge is -2.16. The van der Waals surface area contributed by atoms with Crippen LogP contribution in [0.15, 0.2) is 36.4 Å². The number of hydrogen-bond donors (Lipinski definition) is 2. The van der Waals surface area contributed by atoms with Gasteiger partial charge in [-0.3, -0.25) is 0 Å². The van der Waals surface area contributed by atoms with Crippen LogP contribution in [0.1, 0.15) is 16.7 Å². The van der Waals surface area contributed by atoms with Crippen molar-refractivity contribution >= 4 is 6.03 Å². The van der Waals surface area contributed by atoms with Gasteiger partial charge in [0, 0.05) is 18.7 Å². The number of benzene rings is 2. The highest BCUT2D eigenvalue weighted by atomic mass is 16.5. The van der Waals surface area contributed by atoms with E-state index in [1.54, 1.807) is 21.3 Å². The molecule has 0 saturated carbocycles. The second kappa shape index (κ2) is 10.3. The summed E-state index contributed by atoms with van der Waals surface area (Å²) in [5.74, 6) is 1.79. The number of hydrogen-bond acceptors (Lipinski definition) is 4. The molecule has 2 aromatic carbocycles. The molecule has 0 radical (unpaired) electrons. The number of methoxy groups -OCH3 is 3. The van der Waals surface area contributed by atoms with Gasteiger partial charge in [0.1, 0.15) is 0 Å². The first-order valence-corrected chi connectivity index (χ1v) is 8.94. The van der Waals surface area contributed by atoms with Gasteiger partial charge in [-0.05, 0) is 31.4 Å². The summed E-state index contributed by atoms with van der Waals surface area (Å²) in [5, 5.41) is 5.75. The molecule has 0 aromatic heterocycles. The molecule has 2 rings (SSSR count). The summed E-state index contributed by atoms with van der Waals surface area (Å²) in [5.41, 5.74) is 3.38. The number of carbonyl (C=O) groups excluding carboxylic acids is 1. The molecule has 0 aliphatic rings. The van der Waals surface area contributed by atoms with Crippen molar-refractivity contribution in [3.63, 3.8) is 0 Å². The number of amides is 2. The lowest BCUT2D eigenvalue weighted by molar-refractivity contribution is 0.241. The highest BCUT2D eigenvalue weighted by molar-refractivity contribution is 5.73. The number of aryl methyl sites for hydroxylation is 1. The zero-order valence-corrected chi connectivity index (χ0v) is 16.4. The van der Waals surface area contributed by atoms with E-state index in [-0.39, 0.29) is 6.03 Å². The van der Waals surface area contributed by atoms with Crippen LogP contribution in [-0.4, -0.2) is 40.5 Å². The van der Waals surface area contributed by atoms with E-state index in [1.807, 2.05) is 18.2 Å². The number of carbonyl (C=O) groups is 1. The molecule has 146 valence electrons. The number of nitrogens with one attached hydrogen (secondary N) is 2. The number of rotatable bonds is 9. The highest BCUT2D eigenvalue weighted by Gasteiger charge is 2.15. The topological polar surface area (TPSA) is 68.8 Å². The second-order valence-electron chi connectivity index (χ2n) is 6.17. The van der Waals surface area contributed by atoms with E-state index in [1.165, 1.54) is 11.1 Å². The lowest BCUT2D eigenvalue weighted by Crippen LogP contribution is -2.37. The molecular formula is C21H28N2O4. The summed E-state index contributed by atoms with van der Waals surface area (Å²) >= 11 is 0. The largest absolute Gasteiger partial charge is 0.493 e. The van der Waals surface area contributed by atoms with Crippen molar-refractivity contribution < 1.29 is 19.0 Å². The summed E-state index contributed by atoms with van der Waals surface area (Å²) in [7, 11) is 4.75. The average Bonchev–Trinajstić information content (AvgIpc) is 2.67. The van der Waals surface area contributed by atoms with Crippen LogP contribution in [0, 0.1) is 6.92 Å². The van der Waals surface area contributed by atoms with Crippen molar-refractivity contribution in [1.82, 2.24) is 10.6 Å². The predicted octanol–water partition coefficient (Wildman–Crippen LogP) is 3.11.